The van der Waals surface area contributed by atoms with E-state index in [1.54, 1.807) is 6.21 Å². The summed E-state index contributed by atoms with van der Waals surface area (Å²) in [4.78, 5) is 0. The van der Waals surface area contributed by atoms with Crippen LogP contribution in [0.15, 0.2) is 4.40 Å². The molecular weight excluding hydrogens is 229 g/mol. The van der Waals surface area contributed by atoms with E-state index in [1.165, 1.54) is 0 Å². The van der Waals surface area contributed by atoms with Crippen molar-refractivity contribution in [2.75, 3.05) is 0 Å². The summed E-state index contributed by atoms with van der Waals surface area (Å²) in [7, 11) is 0. The lowest BCUT2D eigenvalue weighted by Gasteiger charge is -2.17. The van der Waals surface area contributed by atoms with E-state index in [0.29, 0.717) is 6.42 Å². The molecular formula is C8H13Cl2NOS. The first-order valence-corrected chi connectivity index (χ1v) is 5.94. The molecule has 0 heterocycles. The van der Waals surface area contributed by atoms with Crippen LogP contribution in [0.3, 0.4) is 0 Å². The van der Waals surface area contributed by atoms with Gasteiger partial charge >= 0.3 is 0 Å². The van der Waals surface area contributed by atoms with Crippen molar-refractivity contribution in [3.8, 4) is 0 Å². The second kappa shape index (κ2) is 3.61. The lowest BCUT2D eigenvalue weighted by Crippen LogP contribution is -2.26. The molecule has 0 aromatic rings. The van der Waals surface area contributed by atoms with Crippen molar-refractivity contribution in [1.82, 2.24) is 0 Å². The first kappa shape index (κ1) is 11.6. The Hall–Kier alpha value is 0.560. The Balaban J connectivity index is 2.42. The van der Waals surface area contributed by atoms with E-state index in [2.05, 4.69) is 4.40 Å². The molecule has 0 aromatic heterocycles. The Labute approximate surface area is 92.0 Å². The minimum absolute atomic E-state index is 0.0714. The van der Waals surface area contributed by atoms with Crippen LogP contribution in [0.2, 0.25) is 0 Å². The molecule has 0 aromatic carbocycles. The molecule has 0 saturated heterocycles. The van der Waals surface area contributed by atoms with Gasteiger partial charge in [-0.3, -0.25) is 0 Å². The zero-order valence-corrected chi connectivity index (χ0v) is 10.2. The zero-order valence-electron chi connectivity index (χ0n) is 7.88. The van der Waals surface area contributed by atoms with Gasteiger partial charge in [-0.05, 0) is 27.2 Å². The van der Waals surface area contributed by atoms with Crippen LogP contribution < -0.4 is 0 Å². The van der Waals surface area contributed by atoms with E-state index >= 15 is 0 Å². The fourth-order valence-corrected chi connectivity index (χ4v) is 1.70. The Bertz CT molecular complexity index is 225. The zero-order chi connectivity index (χ0) is 10.3. The van der Waals surface area contributed by atoms with Crippen LogP contribution in [0.1, 0.15) is 27.2 Å². The van der Waals surface area contributed by atoms with E-state index in [4.69, 9.17) is 23.2 Å². The molecule has 0 spiro atoms. The van der Waals surface area contributed by atoms with E-state index in [-0.39, 0.29) is 10.7 Å². The number of hydrogen-bond acceptors (Lipinski definition) is 2. The van der Waals surface area contributed by atoms with Crippen molar-refractivity contribution in [2.24, 2.45) is 10.3 Å². The Kier molecular flexibility index (Phi) is 3.23. The lowest BCUT2D eigenvalue weighted by atomic mass is 10.3. The van der Waals surface area contributed by atoms with Gasteiger partial charge in [0.05, 0.1) is 6.21 Å². The molecule has 0 radical (unpaired) electrons. The predicted molar refractivity (Wildman–Crippen MR) is 58.9 cm³/mol. The molecule has 1 aliphatic rings. The van der Waals surface area contributed by atoms with Crippen LogP contribution in [-0.2, 0) is 11.4 Å². The van der Waals surface area contributed by atoms with Crippen molar-refractivity contribution in [3.05, 3.63) is 0 Å². The van der Waals surface area contributed by atoms with Crippen molar-refractivity contribution in [2.45, 2.75) is 36.3 Å². The Morgan fingerprint density at radius 1 is 1.54 bits per heavy atom. The van der Waals surface area contributed by atoms with Gasteiger partial charge < -0.3 is 4.55 Å². The van der Waals surface area contributed by atoms with Crippen molar-refractivity contribution in [3.63, 3.8) is 0 Å². The number of alkyl halides is 2. The summed E-state index contributed by atoms with van der Waals surface area (Å²) in [6, 6.07) is 0. The topological polar surface area (TPSA) is 35.4 Å². The molecule has 1 fully saturated rings. The van der Waals surface area contributed by atoms with Crippen molar-refractivity contribution < 1.29 is 4.55 Å². The van der Waals surface area contributed by atoms with Crippen molar-refractivity contribution >= 4 is 40.8 Å². The van der Waals surface area contributed by atoms with E-state index in [9.17, 15) is 4.55 Å². The number of rotatable bonds is 2. The fourth-order valence-electron chi connectivity index (χ4n) is 0.683. The maximum atomic E-state index is 11.4. The van der Waals surface area contributed by atoms with Gasteiger partial charge in [-0.15, -0.1) is 23.2 Å². The average molecular weight is 242 g/mol. The molecule has 1 saturated carbocycles. The summed E-state index contributed by atoms with van der Waals surface area (Å²) in [6.07, 6.45) is 2.32. The summed E-state index contributed by atoms with van der Waals surface area (Å²) in [5, 5.41) is 0. The summed E-state index contributed by atoms with van der Waals surface area (Å²) >= 11 is 10.4. The fraction of sp³-hybridized carbons (Fsp3) is 0.875. The third kappa shape index (κ3) is 3.31. The molecule has 0 N–H and O–H groups in total. The maximum Gasteiger partial charge on any atom is 0.144 e. The molecule has 2 atom stereocenters. The van der Waals surface area contributed by atoms with Gasteiger partial charge in [0.2, 0.25) is 0 Å². The van der Waals surface area contributed by atoms with Crippen LogP contribution >= 0.6 is 23.2 Å². The SMILES string of the molecule is CC(C)(C)[S@@+]([O-])/N=C/[C@H]1CC1(Cl)Cl. The molecule has 5 heteroatoms. The minimum Gasteiger partial charge on any atom is -0.591 e. The molecule has 0 aliphatic heterocycles. The normalized spacial score (nSPS) is 29.2. The van der Waals surface area contributed by atoms with Gasteiger partial charge in [-0.1, -0.05) is 4.40 Å². The highest BCUT2D eigenvalue weighted by Crippen LogP contribution is 2.52. The predicted octanol–water partition coefficient (Wildman–Crippen LogP) is 2.71. The molecule has 13 heavy (non-hydrogen) atoms. The summed E-state index contributed by atoms with van der Waals surface area (Å²) in [6.45, 7) is 5.63. The Morgan fingerprint density at radius 3 is 2.31 bits per heavy atom. The van der Waals surface area contributed by atoms with Gasteiger partial charge in [0.25, 0.3) is 0 Å². The summed E-state index contributed by atoms with van der Waals surface area (Å²) < 4.78 is 14.4. The van der Waals surface area contributed by atoms with E-state index in [0.717, 1.165) is 0 Å². The molecule has 1 rings (SSSR count). The Morgan fingerprint density at radius 2 is 2.00 bits per heavy atom. The highest BCUT2D eigenvalue weighted by molar-refractivity contribution is 7.91. The quantitative estimate of drug-likeness (QED) is 0.416. The number of halogens is 2. The van der Waals surface area contributed by atoms with Crippen LogP contribution in [0.25, 0.3) is 0 Å². The monoisotopic (exact) mass is 241 g/mol. The molecule has 0 unspecified atom stereocenters. The first-order chi connectivity index (χ1) is 5.73. The van der Waals surface area contributed by atoms with Crippen LogP contribution in [0.5, 0.6) is 0 Å². The second-order valence-corrected chi connectivity index (χ2v) is 7.66. The largest absolute Gasteiger partial charge is 0.591 e. The van der Waals surface area contributed by atoms with Gasteiger partial charge in [0, 0.05) is 5.92 Å². The maximum absolute atomic E-state index is 11.4. The number of nitrogens with zero attached hydrogens (tertiary/aromatic N) is 1. The molecule has 76 valence electrons. The molecule has 0 amide bonds. The molecule has 0 bridgehead atoms. The minimum atomic E-state index is -1.20. The molecule has 1 aliphatic carbocycles. The van der Waals surface area contributed by atoms with E-state index in [1.807, 2.05) is 20.8 Å². The summed E-state index contributed by atoms with van der Waals surface area (Å²) in [5.74, 6) is 0.0714. The first-order valence-electron chi connectivity index (χ1n) is 4.07. The highest BCUT2D eigenvalue weighted by Gasteiger charge is 2.51. The van der Waals surface area contributed by atoms with Crippen LogP contribution in [0, 0.1) is 5.92 Å². The third-order valence-electron chi connectivity index (χ3n) is 1.73. The van der Waals surface area contributed by atoms with Gasteiger partial charge in [0.1, 0.15) is 20.4 Å². The highest BCUT2D eigenvalue weighted by atomic mass is 35.5. The average Bonchev–Trinajstić information content (AvgIpc) is 2.52. The lowest BCUT2D eigenvalue weighted by molar-refractivity contribution is 0.561. The van der Waals surface area contributed by atoms with E-state index < -0.39 is 15.7 Å². The van der Waals surface area contributed by atoms with Gasteiger partial charge in [-0.2, -0.15) is 0 Å². The standard InChI is InChI=1S/C8H13Cl2NOS/c1-7(2,3)13(12)11-5-6-4-8(6,9)10/h5-6H,4H2,1-3H3/b11-5+/t6-,13-/m1/s1. The van der Waals surface area contributed by atoms with Gasteiger partial charge in [-0.25, -0.2) is 0 Å². The van der Waals surface area contributed by atoms with Crippen molar-refractivity contribution in [1.29, 1.82) is 0 Å². The number of hydrogen-bond donors (Lipinski definition) is 0. The third-order valence-corrected chi connectivity index (χ3v) is 3.96. The van der Waals surface area contributed by atoms with Crippen LogP contribution in [0.4, 0.5) is 0 Å². The molecule has 2 nitrogen and oxygen atoms in total. The summed E-state index contributed by atoms with van der Waals surface area (Å²) in [5.41, 5.74) is 0. The van der Waals surface area contributed by atoms with Crippen LogP contribution in [-0.4, -0.2) is 19.8 Å². The van der Waals surface area contributed by atoms with Gasteiger partial charge in [0.15, 0.2) is 0 Å². The second-order valence-electron chi connectivity index (χ2n) is 4.19. The smallest absolute Gasteiger partial charge is 0.144 e.